The molecule has 0 spiro atoms. The van der Waals surface area contributed by atoms with Crippen LogP contribution in [-0.2, 0) is 11.2 Å². The van der Waals surface area contributed by atoms with Crippen LogP contribution in [0.15, 0.2) is 91.0 Å². The molecule has 1 fully saturated rings. The van der Waals surface area contributed by atoms with Gasteiger partial charge in [0.05, 0.1) is 11.5 Å². The minimum atomic E-state index is -4.50. The number of carbonyl (C=O) groups is 2. The number of carbonyl (C=O) groups excluding carboxylic acids is 2. The van der Waals surface area contributed by atoms with Gasteiger partial charge in [-0.3, -0.25) is 9.59 Å². The smallest absolute Gasteiger partial charge is 0.405 e. The van der Waals surface area contributed by atoms with E-state index in [0.717, 1.165) is 59.2 Å². The van der Waals surface area contributed by atoms with Crippen LogP contribution < -0.4 is 20.3 Å². The first-order valence-electron chi connectivity index (χ1n) is 16.7. The molecule has 0 bridgehead atoms. The number of unbranched alkanes of at least 4 members (excludes halogenated alkanes) is 2. The number of para-hydroxylation sites is 2. The van der Waals surface area contributed by atoms with E-state index < -0.39 is 24.5 Å². The lowest BCUT2D eigenvalue weighted by Crippen LogP contribution is -2.45. The average Bonchev–Trinajstić information content (AvgIpc) is 3.43. The maximum Gasteiger partial charge on any atom is 0.405 e. The van der Waals surface area contributed by atoms with Gasteiger partial charge >= 0.3 is 6.18 Å². The van der Waals surface area contributed by atoms with Crippen molar-refractivity contribution in [2.75, 3.05) is 24.5 Å². The monoisotopic (exact) mass is 655 g/mol. The Morgan fingerprint density at radius 1 is 0.854 bits per heavy atom. The highest BCUT2D eigenvalue weighted by Crippen LogP contribution is 2.49. The molecule has 1 atom stereocenters. The molecule has 1 saturated heterocycles. The number of piperidine rings is 1. The zero-order valence-corrected chi connectivity index (χ0v) is 27.0. The van der Waals surface area contributed by atoms with Crippen molar-refractivity contribution in [2.45, 2.75) is 63.6 Å². The van der Waals surface area contributed by atoms with E-state index in [1.54, 1.807) is 12.1 Å². The second-order valence-corrected chi connectivity index (χ2v) is 12.5. The molecule has 1 aliphatic carbocycles. The van der Waals surface area contributed by atoms with E-state index in [-0.39, 0.29) is 11.9 Å². The molecule has 4 aromatic carbocycles. The van der Waals surface area contributed by atoms with E-state index in [1.165, 1.54) is 0 Å². The summed E-state index contributed by atoms with van der Waals surface area (Å²) in [6.07, 6.45) is 0.583. The van der Waals surface area contributed by atoms with Gasteiger partial charge in [-0.2, -0.15) is 13.2 Å². The first-order chi connectivity index (χ1) is 23.2. The Hall–Kier alpha value is -4.79. The van der Waals surface area contributed by atoms with Crippen LogP contribution in [0.2, 0.25) is 0 Å². The number of hydrogen-bond donors (Lipinski definition) is 2. The molecule has 0 saturated carbocycles. The fraction of sp³-hybridized carbons (Fsp3) is 0.333. The van der Waals surface area contributed by atoms with Crippen LogP contribution in [0.5, 0.6) is 11.5 Å². The number of amides is 2. The van der Waals surface area contributed by atoms with Crippen molar-refractivity contribution >= 4 is 17.5 Å². The van der Waals surface area contributed by atoms with Crippen LogP contribution in [0.3, 0.4) is 0 Å². The normalized spacial score (nSPS) is 15.8. The van der Waals surface area contributed by atoms with Gasteiger partial charge in [-0.05, 0) is 83.8 Å². The van der Waals surface area contributed by atoms with Crippen molar-refractivity contribution in [3.8, 4) is 22.6 Å². The highest BCUT2D eigenvalue weighted by Gasteiger charge is 2.39. The van der Waals surface area contributed by atoms with Gasteiger partial charge in [0.25, 0.3) is 5.91 Å². The Morgan fingerprint density at radius 3 is 2.31 bits per heavy atom. The fourth-order valence-electron chi connectivity index (χ4n) is 6.93. The first kappa shape index (κ1) is 33.1. The zero-order chi connectivity index (χ0) is 33.7. The molecule has 4 aromatic rings. The summed E-state index contributed by atoms with van der Waals surface area (Å²) in [6.45, 7) is 2.13. The Kier molecular flexibility index (Phi) is 10.0. The molecular weight excluding hydrogens is 615 g/mol. The molecule has 2 amide bonds. The number of rotatable bonds is 11. The number of nitrogens with one attached hydrogen (secondary N) is 2. The summed E-state index contributed by atoms with van der Waals surface area (Å²) in [5.74, 6) is -0.500. The maximum atomic E-state index is 13.5. The molecule has 250 valence electrons. The van der Waals surface area contributed by atoms with Gasteiger partial charge in [0.15, 0.2) is 0 Å². The van der Waals surface area contributed by atoms with E-state index in [1.807, 2.05) is 72.8 Å². The summed E-state index contributed by atoms with van der Waals surface area (Å²) in [6, 6.07) is 28.1. The zero-order valence-electron chi connectivity index (χ0n) is 27.0. The van der Waals surface area contributed by atoms with E-state index in [9.17, 15) is 22.8 Å². The number of ether oxygens (including phenoxy) is 1. The van der Waals surface area contributed by atoms with Gasteiger partial charge in [0.1, 0.15) is 18.0 Å². The number of anilines is 1. The van der Waals surface area contributed by atoms with E-state index in [2.05, 4.69) is 28.5 Å². The average molecular weight is 656 g/mol. The van der Waals surface area contributed by atoms with Crippen molar-refractivity contribution in [3.05, 3.63) is 113 Å². The summed E-state index contributed by atoms with van der Waals surface area (Å²) >= 11 is 0. The SMILES string of the molecule is CCCCCc1c(N2CCC(NC(=O)c3ccccc3Oc3ccccc3)CC2)ccc2c1C(C(=O)NCC(F)(F)F)c1ccccc1-2. The van der Waals surface area contributed by atoms with Crippen molar-refractivity contribution < 1.29 is 27.5 Å². The van der Waals surface area contributed by atoms with Crippen molar-refractivity contribution in [2.24, 2.45) is 0 Å². The van der Waals surface area contributed by atoms with E-state index in [0.29, 0.717) is 43.0 Å². The lowest BCUT2D eigenvalue weighted by Gasteiger charge is -2.36. The van der Waals surface area contributed by atoms with Gasteiger partial charge < -0.3 is 20.3 Å². The number of hydrogen-bond acceptors (Lipinski definition) is 4. The van der Waals surface area contributed by atoms with Gasteiger partial charge in [-0.15, -0.1) is 0 Å². The Morgan fingerprint density at radius 2 is 1.56 bits per heavy atom. The number of halogens is 3. The predicted molar refractivity (Wildman–Crippen MR) is 182 cm³/mol. The number of nitrogens with zero attached hydrogens (tertiary/aromatic N) is 1. The van der Waals surface area contributed by atoms with Crippen LogP contribution >= 0.6 is 0 Å². The first-order valence-corrected chi connectivity index (χ1v) is 16.7. The minimum Gasteiger partial charge on any atom is -0.457 e. The number of fused-ring (bicyclic) bond motifs is 3. The summed E-state index contributed by atoms with van der Waals surface area (Å²) in [5.41, 5.74) is 5.85. The highest BCUT2D eigenvalue weighted by atomic mass is 19.4. The summed E-state index contributed by atoms with van der Waals surface area (Å²) in [5, 5.41) is 5.37. The van der Waals surface area contributed by atoms with Crippen LogP contribution in [0.25, 0.3) is 11.1 Å². The maximum absolute atomic E-state index is 13.5. The van der Waals surface area contributed by atoms with Gasteiger partial charge in [0.2, 0.25) is 5.91 Å². The topological polar surface area (TPSA) is 70.7 Å². The third kappa shape index (κ3) is 7.35. The molecule has 2 N–H and O–H groups in total. The van der Waals surface area contributed by atoms with Crippen LogP contribution in [0.1, 0.15) is 72.0 Å². The molecule has 48 heavy (non-hydrogen) atoms. The molecule has 1 unspecified atom stereocenters. The summed E-state index contributed by atoms with van der Waals surface area (Å²) in [4.78, 5) is 29.2. The van der Waals surface area contributed by atoms with E-state index >= 15 is 0 Å². The highest BCUT2D eigenvalue weighted by molar-refractivity contribution is 5.98. The Labute approximate surface area is 279 Å². The quantitative estimate of drug-likeness (QED) is 0.159. The van der Waals surface area contributed by atoms with Crippen LogP contribution in [-0.4, -0.2) is 43.7 Å². The molecule has 0 aromatic heterocycles. The Bertz CT molecular complexity index is 1750. The second kappa shape index (κ2) is 14.5. The molecule has 9 heteroatoms. The second-order valence-electron chi connectivity index (χ2n) is 12.5. The molecule has 0 radical (unpaired) electrons. The molecule has 6 rings (SSSR count). The van der Waals surface area contributed by atoms with Gasteiger partial charge in [0, 0.05) is 24.8 Å². The van der Waals surface area contributed by atoms with Crippen LogP contribution in [0.4, 0.5) is 18.9 Å². The summed E-state index contributed by atoms with van der Waals surface area (Å²) < 4.78 is 45.5. The number of benzene rings is 4. The standard InChI is InChI=1S/C39H40F3N3O3/c1-2-3-5-16-31-33(20-19-30-28-14-8-9-15-29(28)36(35(30)31)38(47)43-25-39(40,41)42)45-23-21-26(22-24-45)44-37(46)32-17-10-11-18-34(32)48-27-12-6-4-7-13-27/h4,6-15,17-20,26,36H,2-3,5,16,21-25H2,1H3,(H,43,47)(H,44,46). The van der Waals surface area contributed by atoms with Gasteiger partial charge in [-0.1, -0.05) is 80.4 Å². The Balaban J connectivity index is 1.22. The third-order valence-electron chi connectivity index (χ3n) is 9.21. The third-order valence-corrected chi connectivity index (χ3v) is 9.21. The minimum absolute atomic E-state index is 0.0401. The molecule has 6 nitrogen and oxygen atoms in total. The predicted octanol–water partition coefficient (Wildman–Crippen LogP) is 8.40. The van der Waals surface area contributed by atoms with Crippen molar-refractivity contribution in [3.63, 3.8) is 0 Å². The summed E-state index contributed by atoms with van der Waals surface area (Å²) in [7, 11) is 0. The lowest BCUT2D eigenvalue weighted by molar-refractivity contribution is -0.138. The molecule has 1 aliphatic heterocycles. The van der Waals surface area contributed by atoms with Crippen molar-refractivity contribution in [1.29, 1.82) is 0 Å². The van der Waals surface area contributed by atoms with Gasteiger partial charge in [-0.25, -0.2) is 0 Å². The molecule has 1 heterocycles. The molecule has 2 aliphatic rings. The van der Waals surface area contributed by atoms with Crippen molar-refractivity contribution in [1.82, 2.24) is 10.6 Å². The van der Waals surface area contributed by atoms with E-state index in [4.69, 9.17) is 4.74 Å². The molecular formula is C39H40F3N3O3. The van der Waals surface area contributed by atoms with Crippen LogP contribution in [0, 0.1) is 0 Å². The largest absolute Gasteiger partial charge is 0.457 e. The fourth-order valence-corrected chi connectivity index (χ4v) is 6.93. The lowest BCUT2D eigenvalue weighted by atomic mass is 9.88. The number of alkyl halides is 3.